The first kappa shape index (κ1) is 12.0. The highest BCUT2D eigenvalue weighted by molar-refractivity contribution is 7.99. The lowest BCUT2D eigenvalue weighted by atomic mass is 10.7. The van der Waals surface area contributed by atoms with Crippen molar-refractivity contribution in [3.8, 4) is 0 Å². The van der Waals surface area contributed by atoms with E-state index in [-0.39, 0.29) is 5.69 Å². The van der Waals surface area contributed by atoms with E-state index in [1.165, 1.54) is 11.8 Å². The molecule has 16 heavy (non-hydrogen) atoms. The molecule has 1 saturated carbocycles. The molecular formula is C9H14ClN3O2S. The lowest BCUT2D eigenvalue weighted by Gasteiger charge is -2.03. The first-order valence-electron chi connectivity index (χ1n) is 5.26. The van der Waals surface area contributed by atoms with Crippen molar-refractivity contribution in [3.63, 3.8) is 0 Å². The van der Waals surface area contributed by atoms with Crippen LogP contribution in [0.25, 0.3) is 0 Å². The van der Waals surface area contributed by atoms with Gasteiger partial charge in [0.25, 0.3) is 0 Å². The van der Waals surface area contributed by atoms with Gasteiger partial charge in [-0.3, -0.25) is 4.57 Å². The lowest BCUT2D eigenvalue weighted by Crippen LogP contribution is -2.16. The molecular weight excluding hydrogens is 250 g/mol. The Bertz CT molecular complexity index is 388. The number of hydrogen-bond acceptors (Lipinski definition) is 4. The Balaban J connectivity index is 1.82. The number of aromatic amines is 1. The third-order valence-corrected chi connectivity index (χ3v) is 3.34. The predicted octanol–water partition coefficient (Wildman–Crippen LogP) is 1.25. The van der Waals surface area contributed by atoms with Gasteiger partial charge in [-0.25, -0.2) is 9.89 Å². The smallest absolute Gasteiger partial charge is 0.344 e. The highest BCUT2D eigenvalue weighted by Gasteiger charge is 2.28. The van der Waals surface area contributed by atoms with Gasteiger partial charge in [0.05, 0.1) is 13.2 Å². The fourth-order valence-corrected chi connectivity index (χ4v) is 2.37. The molecule has 0 amide bonds. The van der Waals surface area contributed by atoms with E-state index in [1.807, 2.05) is 0 Å². The number of hydrogen-bond donors (Lipinski definition) is 1. The number of nitrogens with one attached hydrogen (secondary N) is 1. The number of rotatable bonds is 7. The topological polar surface area (TPSA) is 59.9 Å². The Morgan fingerprint density at radius 2 is 2.38 bits per heavy atom. The maximum Gasteiger partial charge on any atom is 0.344 e. The quantitative estimate of drug-likeness (QED) is 0.457. The van der Waals surface area contributed by atoms with Crippen LogP contribution in [-0.4, -0.2) is 39.6 Å². The SMILES string of the molecule is O=c1[nH]nc(SCCOCCCl)n1C1CC1. The summed E-state index contributed by atoms with van der Waals surface area (Å²) >= 11 is 7.02. The number of alkyl halides is 1. The third-order valence-electron chi connectivity index (χ3n) is 2.26. The van der Waals surface area contributed by atoms with E-state index in [9.17, 15) is 4.79 Å². The Hall–Kier alpha value is -0.460. The van der Waals surface area contributed by atoms with Crippen LogP contribution in [0, 0.1) is 0 Å². The molecule has 0 unspecified atom stereocenters. The van der Waals surface area contributed by atoms with Crippen molar-refractivity contribution in [2.75, 3.05) is 24.8 Å². The Kier molecular flexibility index (Phi) is 4.31. The van der Waals surface area contributed by atoms with Crippen LogP contribution in [-0.2, 0) is 4.74 Å². The summed E-state index contributed by atoms with van der Waals surface area (Å²) in [5.74, 6) is 1.30. The van der Waals surface area contributed by atoms with Crippen molar-refractivity contribution in [2.45, 2.75) is 24.0 Å². The second-order valence-electron chi connectivity index (χ2n) is 3.56. The molecule has 0 radical (unpaired) electrons. The minimum atomic E-state index is -0.105. The number of ether oxygens (including phenoxy) is 1. The molecule has 1 aromatic heterocycles. The summed E-state index contributed by atoms with van der Waals surface area (Å²) in [6.07, 6.45) is 2.16. The summed E-state index contributed by atoms with van der Waals surface area (Å²) in [7, 11) is 0. The molecule has 2 rings (SSSR count). The third kappa shape index (κ3) is 3.02. The van der Waals surface area contributed by atoms with Gasteiger partial charge in [0.15, 0.2) is 5.16 Å². The van der Waals surface area contributed by atoms with Crippen LogP contribution in [0.4, 0.5) is 0 Å². The Morgan fingerprint density at radius 1 is 1.56 bits per heavy atom. The number of nitrogens with zero attached hydrogens (tertiary/aromatic N) is 2. The molecule has 0 spiro atoms. The molecule has 0 aromatic carbocycles. The van der Waals surface area contributed by atoms with Crippen molar-refractivity contribution in [1.29, 1.82) is 0 Å². The van der Waals surface area contributed by atoms with Gasteiger partial charge in [0.1, 0.15) is 0 Å². The van der Waals surface area contributed by atoms with Crippen molar-refractivity contribution < 1.29 is 4.74 Å². The minimum absolute atomic E-state index is 0.105. The molecule has 5 nitrogen and oxygen atoms in total. The van der Waals surface area contributed by atoms with E-state index in [0.29, 0.717) is 25.1 Å². The van der Waals surface area contributed by atoms with E-state index in [0.717, 1.165) is 23.8 Å². The highest BCUT2D eigenvalue weighted by Crippen LogP contribution is 2.35. The molecule has 0 saturated heterocycles. The monoisotopic (exact) mass is 263 g/mol. The van der Waals surface area contributed by atoms with E-state index < -0.39 is 0 Å². The molecule has 0 bridgehead atoms. The van der Waals surface area contributed by atoms with Crippen molar-refractivity contribution in [2.24, 2.45) is 0 Å². The fraction of sp³-hybridized carbons (Fsp3) is 0.778. The zero-order valence-electron chi connectivity index (χ0n) is 8.82. The van der Waals surface area contributed by atoms with Gasteiger partial charge < -0.3 is 4.74 Å². The number of thioether (sulfide) groups is 1. The number of halogens is 1. The maximum atomic E-state index is 11.4. The molecule has 1 fully saturated rings. The van der Waals surface area contributed by atoms with Crippen LogP contribution in [0.2, 0.25) is 0 Å². The molecule has 1 aliphatic rings. The van der Waals surface area contributed by atoms with Gasteiger partial charge in [-0.2, -0.15) is 0 Å². The Labute approximate surface area is 103 Å². The predicted molar refractivity (Wildman–Crippen MR) is 63.4 cm³/mol. The van der Waals surface area contributed by atoms with Crippen LogP contribution < -0.4 is 5.69 Å². The summed E-state index contributed by atoms with van der Waals surface area (Å²) in [5.41, 5.74) is -0.105. The molecule has 1 heterocycles. The van der Waals surface area contributed by atoms with Gasteiger partial charge in [-0.05, 0) is 12.8 Å². The van der Waals surface area contributed by atoms with E-state index in [4.69, 9.17) is 16.3 Å². The summed E-state index contributed by atoms with van der Waals surface area (Å²) in [6, 6.07) is 0.359. The van der Waals surface area contributed by atoms with Gasteiger partial charge in [-0.15, -0.1) is 16.7 Å². The zero-order valence-corrected chi connectivity index (χ0v) is 10.4. The summed E-state index contributed by atoms with van der Waals surface area (Å²) in [4.78, 5) is 11.4. The van der Waals surface area contributed by atoms with Crippen molar-refractivity contribution in [1.82, 2.24) is 14.8 Å². The van der Waals surface area contributed by atoms with E-state index in [1.54, 1.807) is 4.57 Å². The fourth-order valence-electron chi connectivity index (χ4n) is 1.40. The normalized spacial score (nSPS) is 15.6. The van der Waals surface area contributed by atoms with Gasteiger partial charge in [0, 0.05) is 17.7 Å². The molecule has 7 heteroatoms. The second kappa shape index (κ2) is 5.75. The summed E-state index contributed by atoms with van der Waals surface area (Å²) < 4.78 is 6.99. The summed E-state index contributed by atoms with van der Waals surface area (Å²) in [6.45, 7) is 1.20. The molecule has 0 aliphatic heterocycles. The first-order valence-corrected chi connectivity index (χ1v) is 6.78. The minimum Gasteiger partial charge on any atom is -0.379 e. The molecule has 90 valence electrons. The summed E-state index contributed by atoms with van der Waals surface area (Å²) in [5, 5.41) is 7.25. The molecule has 1 N–H and O–H groups in total. The van der Waals surface area contributed by atoms with Gasteiger partial charge >= 0.3 is 5.69 Å². The van der Waals surface area contributed by atoms with E-state index in [2.05, 4.69) is 10.2 Å². The van der Waals surface area contributed by atoms with Crippen LogP contribution in [0.5, 0.6) is 0 Å². The van der Waals surface area contributed by atoms with Crippen LogP contribution in [0.1, 0.15) is 18.9 Å². The van der Waals surface area contributed by atoms with Crippen molar-refractivity contribution in [3.05, 3.63) is 10.5 Å². The lowest BCUT2D eigenvalue weighted by molar-refractivity contribution is 0.166. The average molecular weight is 264 g/mol. The number of aromatic nitrogens is 3. The van der Waals surface area contributed by atoms with Crippen LogP contribution in [0.3, 0.4) is 0 Å². The molecule has 0 atom stereocenters. The number of H-pyrrole nitrogens is 1. The Morgan fingerprint density at radius 3 is 3.06 bits per heavy atom. The van der Waals surface area contributed by atoms with Gasteiger partial charge in [-0.1, -0.05) is 11.8 Å². The largest absolute Gasteiger partial charge is 0.379 e. The van der Waals surface area contributed by atoms with E-state index >= 15 is 0 Å². The molecule has 1 aliphatic carbocycles. The van der Waals surface area contributed by atoms with Crippen LogP contribution in [0.15, 0.2) is 9.95 Å². The maximum absolute atomic E-state index is 11.4. The first-order chi connectivity index (χ1) is 7.83. The highest BCUT2D eigenvalue weighted by atomic mass is 35.5. The van der Waals surface area contributed by atoms with Gasteiger partial charge in [0.2, 0.25) is 0 Å². The van der Waals surface area contributed by atoms with Crippen molar-refractivity contribution >= 4 is 23.4 Å². The standard InChI is InChI=1S/C9H14ClN3O2S/c10-3-4-15-5-6-16-9-12-11-8(14)13(9)7-1-2-7/h7H,1-6H2,(H,11,14). The average Bonchev–Trinajstić information content (AvgIpc) is 3.04. The van der Waals surface area contributed by atoms with Crippen LogP contribution >= 0.6 is 23.4 Å². The zero-order chi connectivity index (χ0) is 11.4. The molecule has 1 aromatic rings. The second-order valence-corrected chi connectivity index (χ2v) is 5.00.